The van der Waals surface area contributed by atoms with Crippen molar-refractivity contribution in [3.8, 4) is 5.69 Å². The zero-order valence-electron chi connectivity index (χ0n) is 8.70. The number of nitrogens with one attached hydrogen (secondary N) is 1. The summed E-state index contributed by atoms with van der Waals surface area (Å²) in [4.78, 5) is 23.3. The number of aldehydes is 1. The van der Waals surface area contributed by atoms with E-state index in [1.54, 1.807) is 24.3 Å². The normalized spacial score (nSPS) is 9.94. The lowest BCUT2D eigenvalue weighted by molar-refractivity contribution is 0.0943. The van der Waals surface area contributed by atoms with E-state index in [9.17, 15) is 9.59 Å². The Bertz CT molecular complexity index is 549. The zero-order chi connectivity index (χ0) is 12.3. The molecule has 0 aliphatic carbocycles. The van der Waals surface area contributed by atoms with Crippen LogP contribution in [-0.4, -0.2) is 27.2 Å². The molecule has 2 rings (SSSR count). The average molecular weight is 231 g/mol. The second-order valence-corrected chi connectivity index (χ2v) is 3.15. The minimum absolute atomic E-state index is 0.0585. The van der Waals surface area contributed by atoms with Crippen LogP contribution in [0.25, 0.3) is 5.69 Å². The first-order chi connectivity index (χ1) is 8.26. The number of aromatic nitrogens is 3. The van der Waals surface area contributed by atoms with Gasteiger partial charge in [0.1, 0.15) is 0 Å². The first-order valence-electron chi connectivity index (χ1n) is 4.75. The largest absolute Gasteiger partial charge is 0.296 e. The third-order valence-electron chi connectivity index (χ3n) is 2.08. The fourth-order valence-corrected chi connectivity index (χ4v) is 1.30. The van der Waals surface area contributed by atoms with E-state index in [1.165, 1.54) is 4.80 Å². The Hall–Kier alpha value is -2.54. The lowest BCUT2D eigenvalue weighted by Gasteiger charge is -1.96. The third-order valence-corrected chi connectivity index (χ3v) is 2.08. The van der Waals surface area contributed by atoms with E-state index in [1.807, 2.05) is 11.5 Å². The van der Waals surface area contributed by atoms with E-state index in [2.05, 4.69) is 10.2 Å². The van der Waals surface area contributed by atoms with Crippen molar-refractivity contribution in [1.82, 2.24) is 20.4 Å². The maximum absolute atomic E-state index is 11.3. The molecule has 0 aliphatic heterocycles. The Kier molecular flexibility index (Phi) is 2.93. The predicted octanol–water partition coefficient (Wildman–Crippen LogP) is -0.317. The molecule has 0 radical (unpaired) electrons. The molecule has 0 bridgehead atoms. The summed E-state index contributed by atoms with van der Waals surface area (Å²) in [5.41, 5.74) is 2.39. The molecular formula is C10H9N5O2. The van der Waals surface area contributed by atoms with Gasteiger partial charge in [-0.1, -0.05) is 18.2 Å². The van der Waals surface area contributed by atoms with E-state index in [0.717, 1.165) is 0 Å². The monoisotopic (exact) mass is 231 g/mol. The van der Waals surface area contributed by atoms with Crippen LogP contribution in [0, 0.1) is 0 Å². The average Bonchev–Trinajstić information content (AvgIpc) is 2.83. The fraction of sp³-hybridized carbons (Fsp3) is 0. The highest BCUT2D eigenvalue weighted by atomic mass is 16.2. The number of para-hydroxylation sites is 1. The van der Waals surface area contributed by atoms with Gasteiger partial charge in [0, 0.05) is 0 Å². The summed E-state index contributed by atoms with van der Waals surface area (Å²) < 4.78 is 0. The van der Waals surface area contributed by atoms with Crippen LogP contribution in [-0.2, 0) is 0 Å². The summed E-state index contributed by atoms with van der Waals surface area (Å²) in [6.45, 7) is 0. The smallest absolute Gasteiger partial charge is 0.288 e. The standard InChI is InChI=1S/C10H9N5O2/c11-12-10(17)9-8(6-16)13-15(14-9)7-4-2-1-3-5-7/h1-6H,11H2,(H,12,17). The first kappa shape index (κ1) is 11.0. The SMILES string of the molecule is NNC(=O)c1nn(-c2ccccc2)nc1C=O. The van der Waals surface area contributed by atoms with E-state index < -0.39 is 5.91 Å². The summed E-state index contributed by atoms with van der Waals surface area (Å²) in [5, 5.41) is 7.79. The molecule has 0 spiro atoms. The molecule has 0 saturated heterocycles. The minimum atomic E-state index is -0.658. The molecule has 0 atom stereocenters. The van der Waals surface area contributed by atoms with Crippen LogP contribution in [0.3, 0.4) is 0 Å². The van der Waals surface area contributed by atoms with Crippen molar-refractivity contribution >= 4 is 12.2 Å². The Balaban J connectivity index is 2.48. The highest BCUT2D eigenvalue weighted by Crippen LogP contribution is 2.07. The number of hydrogen-bond donors (Lipinski definition) is 2. The summed E-state index contributed by atoms with van der Waals surface area (Å²) in [5.74, 6) is 4.33. The van der Waals surface area contributed by atoms with E-state index in [4.69, 9.17) is 5.84 Å². The van der Waals surface area contributed by atoms with Crippen LogP contribution in [0.5, 0.6) is 0 Å². The van der Waals surface area contributed by atoms with Gasteiger partial charge in [0.05, 0.1) is 5.69 Å². The maximum atomic E-state index is 11.3. The number of nitrogen functional groups attached to an aromatic ring is 1. The number of benzene rings is 1. The van der Waals surface area contributed by atoms with Crippen LogP contribution in [0.2, 0.25) is 0 Å². The van der Waals surface area contributed by atoms with Crippen molar-refractivity contribution < 1.29 is 9.59 Å². The molecule has 1 aromatic heterocycles. The zero-order valence-corrected chi connectivity index (χ0v) is 8.70. The molecular weight excluding hydrogens is 222 g/mol. The van der Waals surface area contributed by atoms with Crippen molar-refractivity contribution in [2.24, 2.45) is 5.84 Å². The molecule has 17 heavy (non-hydrogen) atoms. The predicted molar refractivity (Wildman–Crippen MR) is 58.4 cm³/mol. The minimum Gasteiger partial charge on any atom is -0.296 e. The highest BCUT2D eigenvalue weighted by Gasteiger charge is 2.17. The summed E-state index contributed by atoms with van der Waals surface area (Å²) in [7, 11) is 0. The quantitative estimate of drug-likeness (QED) is 0.326. The molecule has 1 amide bonds. The van der Waals surface area contributed by atoms with Gasteiger partial charge in [-0.25, -0.2) is 5.84 Å². The van der Waals surface area contributed by atoms with Gasteiger partial charge in [-0.05, 0) is 12.1 Å². The number of hydrazine groups is 1. The van der Waals surface area contributed by atoms with Gasteiger partial charge in [-0.3, -0.25) is 15.0 Å². The molecule has 3 N–H and O–H groups in total. The third kappa shape index (κ3) is 2.04. The van der Waals surface area contributed by atoms with E-state index >= 15 is 0 Å². The molecule has 0 unspecified atom stereocenters. The van der Waals surface area contributed by atoms with Crippen molar-refractivity contribution in [2.45, 2.75) is 0 Å². The topological polar surface area (TPSA) is 103 Å². The summed E-state index contributed by atoms with van der Waals surface area (Å²) in [6.07, 6.45) is 0.455. The van der Waals surface area contributed by atoms with Crippen molar-refractivity contribution in [3.63, 3.8) is 0 Å². The van der Waals surface area contributed by atoms with Crippen LogP contribution in [0.4, 0.5) is 0 Å². The maximum Gasteiger partial charge on any atom is 0.288 e. The van der Waals surface area contributed by atoms with Gasteiger partial charge in [0.25, 0.3) is 5.91 Å². The Labute approximate surface area is 96.2 Å². The molecule has 0 aliphatic rings. The Morgan fingerprint density at radius 2 is 2.00 bits per heavy atom. The van der Waals surface area contributed by atoms with Gasteiger partial charge in [0.15, 0.2) is 17.7 Å². The molecule has 1 aromatic carbocycles. The molecule has 0 saturated carbocycles. The van der Waals surface area contributed by atoms with E-state index in [-0.39, 0.29) is 11.4 Å². The number of amides is 1. The Morgan fingerprint density at radius 3 is 2.59 bits per heavy atom. The fourth-order valence-electron chi connectivity index (χ4n) is 1.30. The van der Waals surface area contributed by atoms with Crippen LogP contribution >= 0.6 is 0 Å². The summed E-state index contributed by atoms with van der Waals surface area (Å²) in [6, 6.07) is 8.92. The number of hydrogen-bond acceptors (Lipinski definition) is 5. The van der Waals surface area contributed by atoms with Crippen molar-refractivity contribution in [1.29, 1.82) is 0 Å². The molecule has 7 nitrogen and oxygen atoms in total. The van der Waals surface area contributed by atoms with Gasteiger partial charge in [-0.2, -0.15) is 4.80 Å². The number of nitrogens with two attached hydrogens (primary N) is 1. The van der Waals surface area contributed by atoms with Crippen LogP contribution < -0.4 is 11.3 Å². The van der Waals surface area contributed by atoms with Gasteiger partial charge in [0.2, 0.25) is 0 Å². The lowest BCUT2D eigenvalue weighted by Crippen LogP contribution is -2.31. The molecule has 7 heteroatoms. The highest BCUT2D eigenvalue weighted by molar-refractivity contribution is 5.98. The Morgan fingerprint density at radius 1 is 1.29 bits per heavy atom. The van der Waals surface area contributed by atoms with Crippen LogP contribution in [0.1, 0.15) is 21.0 Å². The number of nitrogens with zero attached hydrogens (tertiary/aromatic N) is 3. The second kappa shape index (κ2) is 4.54. The molecule has 1 heterocycles. The van der Waals surface area contributed by atoms with Crippen LogP contribution in [0.15, 0.2) is 30.3 Å². The number of carbonyl (C=O) groups is 2. The van der Waals surface area contributed by atoms with Gasteiger partial charge >= 0.3 is 0 Å². The second-order valence-electron chi connectivity index (χ2n) is 3.15. The van der Waals surface area contributed by atoms with Crippen molar-refractivity contribution in [3.05, 3.63) is 41.7 Å². The number of rotatable bonds is 3. The molecule has 86 valence electrons. The van der Waals surface area contributed by atoms with E-state index in [0.29, 0.717) is 12.0 Å². The van der Waals surface area contributed by atoms with Gasteiger partial charge in [-0.15, -0.1) is 10.2 Å². The number of carbonyl (C=O) groups excluding carboxylic acids is 2. The molecule has 0 fully saturated rings. The summed E-state index contributed by atoms with van der Waals surface area (Å²) >= 11 is 0. The lowest BCUT2D eigenvalue weighted by atomic mass is 10.3. The molecule has 2 aromatic rings. The van der Waals surface area contributed by atoms with Gasteiger partial charge < -0.3 is 0 Å². The van der Waals surface area contributed by atoms with Crippen molar-refractivity contribution in [2.75, 3.05) is 0 Å². The first-order valence-corrected chi connectivity index (χ1v) is 4.75.